The molecule has 0 saturated carbocycles. The lowest BCUT2D eigenvalue weighted by Crippen LogP contribution is -2.33. The van der Waals surface area contributed by atoms with Gasteiger partial charge in [0, 0.05) is 17.2 Å². The molecule has 4 nitrogen and oxygen atoms in total. The van der Waals surface area contributed by atoms with E-state index in [0.717, 1.165) is 12.5 Å². The molecular weight excluding hydrogens is 340 g/mol. The summed E-state index contributed by atoms with van der Waals surface area (Å²) in [5, 5.41) is 2.17. The molecule has 0 aliphatic carbocycles. The van der Waals surface area contributed by atoms with E-state index in [1.807, 2.05) is 20.8 Å². The van der Waals surface area contributed by atoms with Crippen molar-refractivity contribution >= 4 is 37.2 Å². The van der Waals surface area contributed by atoms with Crippen LogP contribution in [0, 0.1) is 11.2 Å². The van der Waals surface area contributed by atoms with Crippen LogP contribution in [0.4, 0.5) is 4.39 Å². The van der Waals surface area contributed by atoms with E-state index in [9.17, 15) is 17.6 Å². The molecule has 21 heavy (non-hydrogen) atoms. The first kappa shape index (κ1) is 18.2. The summed E-state index contributed by atoms with van der Waals surface area (Å²) in [6.45, 7) is 6.22. The standard InChI is InChI=1S/C13H16Cl2FNO3S/c1-4-13(2,3)7-17-12(18)9-5-8(21(15,19)20)6-10(16)11(9)14/h5-6H,4,7H2,1-3H3,(H,17,18). The number of carbonyl (C=O) groups is 1. The highest BCUT2D eigenvalue weighted by molar-refractivity contribution is 8.13. The molecule has 0 bridgehead atoms. The minimum absolute atomic E-state index is 0.142. The number of hydrogen-bond donors (Lipinski definition) is 1. The summed E-state index contributed by atoms with van der Waals surface area (Å²) in [5.41, 5.74) is -0.403. The van der Waals surface area contributed by atoms with E-state index in [2.05, 4.69) is 5.32 Å². The summed E-state index contributed by atoms with van der Waals surface area (Å²) in [4.78, 5) is 11.6. The number of rotatable bonds is 5. The van der Waals surface area contributed by atoms with Crippen molar-refractivity contribution in [1.29, 1.82) is 0 Å². The van der Waals surface area contributed by atoms with Gasteiger partial charge in [-0.15, -0.1) is 0 Å². The second-order valence-electron chi connectivity index (χ2n) is 5.40. The topological polar surface area (TPSA) is 63.2 Å². The maximum absolute atomic E-state index is 13.6. The summed E-state index contributed by atoms with van der Waals surface area (Å²) >= 11 is 5.72. The van der Waals surface area contributed by atoms with Crippen LogP contribution in [0.5, 0.6) is 0 Å². The lowest BCUT2D eigenvalue weighted by molar-refractivity contribution is 0.0935. The predicted octanol–water partition coefficient (Wildman–Crippen LogP) is 3.57. The molecule has 0 radical (unpaired) electrons. The van der Waals surface area contributed by atoms with Gasteiger partial charge in [0.1, 0.15) is 5.82 Å². The van der Waals surface area contributed by atoms with E-state index in [1.54, 1.807) is 0 Å². The van der Waals surface area contributed by atoms with Crippen molar-refractivity contribution in [2.75, 3.05) is 6.54 Å². The number of carbonyl (C=O) groups excluding carboxylic acids is 1. The molecule has 0 atom stereocenters. The zero-order valence-corrected chi connectivity index (χ0v) is 14.2. The quantitative estimate of drug-likeness (QED) is 0.821. The molecule has 0 aromatic heterocycles. The molecular formula is C13H16Cl2FNO3S. The zero-order valence-electron chi connectivity index (χ0n) is 11.8. The van der Waals surface area contributed by atoms with Crippen molar-refractivity contribution in [3.8, 4) is 0 Å². The number of hydrogen-bond acceptors (Lipinski definition) is 3. The monoisotopic (exact) mass is 355 g/mol. The third kappa shape index (κ3) is 4.83. The minimum atomic E-state index is -4.15. The Kier molecular flexibility index (Phi) is 5.63. The van der Waals surface area contributed by atoms with E-state index in [1.165, 1.54) is 0 Å². The van der Waals surface area contributed by atoms with Gasteiger partial charge >= 0.3 is 0 Å². The van der Waals surface area contributed by atoms with E-state index >= 15 is 0 Å². The van der Waals surface area contributed by atoms with Gasteiger partial charge in [0.15, 0.2) is 0 Å². The molecule has 1 amide bonds. The number of halogens is 3. The summed E-state index contributed by atoms with van der Waals surface area (Å²) in [7, 11) is 1.01. The Morgan fingerprint density at radius 2 is 1.95 bits per heavy atom. The number of nitrogens with one attached hydrogen (secondary N) is 1. The molecule has 0 heterocycles. The second-order valence-corrected chi connectivity index (χ2v) is 8.35. The first-order valence-corrected chi connectivity index (χ1v) is 8.88. The van der Waals surface area contributed by atoms with Gasteiger partial charge in [-0.2, -0.15) is 0 Å². The van der Waals surface area contributed by atoms with Gasteiger partial charge in [-0.25, -0.2) is 12.8 Å². The molecule has 1 N–H and O–H groups in total. The van der Waals surface area contributed by atoms with Gasteiger partial charge in [-0.05, 0) is 24.0 Å². The highest BCUT2D eigenvalue weighted by Gasteiger charge is 2.22. The molecule has 0 unspecified atom stereocenters. The zero-order chi connectivity index (χ0) is 16.4. The van der Waals surface area contributed by atoms with Gasteiger partial charge in [-0.3, -0.25) is 4.79 Å². The van der Waals surface area contributed by atoms with Crippen molar-refractivity contribution in [1.82, 2.24) is 5.32 Å². The van der Waals surface area contributed by atoms with Crippen LogP contribution in [0.1, 0.15) is 37.6 Å². The Hall–Kier alpha value is -0.850. The molecule has 0 fully saturated rings. The Morgan fingerprint density at radius 1 is 1.38 bits per heavy atom. The highest BCUT2D eigenvalue weighted by Crippen LogP contribution is 2.26. The second kappa shape index (κ2) is 6.50. The first-order chi connectivity index (χ1) is 9.48. The number of amides is 1. The Bertz CT molecular complexity index is 660. The minimum Gasteiger partial charge on any atom is -0.351 e. The molecule has 0 saturated heterocycles. The third-order valence-electron chi connectivity index (χ3n) is 3.21. The average molecular weight is 356 g/mol. The fourth-order valence-corrected chi connectivity index (χ4v) is 2.38. The van der Waals surface area contributed by atoms with E-state index in [4.69, 9.17) is 22.3 Å². The molecule has 0 aliphatic heterocycles. The van der Waals surface area contributed by atoms with Gasteiger partial charge < -0.3 is 5.32 Å². The molecule has 1 rings (SSSR count). The van der Waals surface area contributed by atoms with E-state index in [-0.39, 0.29) is 11.0 Å². The Balaban J connectivity index is 3.13. The molecule has 1 aromatic rings. The molecule has 118 valence electrons. The van der Waals surface area contributed by atoms with Crippen LogP contribution in [-0.2, 0) is 9.05 Å². The van der Waals surface area contributed by atoms with Crippen LogP contribution < -0.4 is 5.32 Å². The van der Waals surface area contributed by atoms with E-state index in [0.29, 0.717) is 12.6 Å². The van der Waals surface area contributed by atoms with Crippen molar-refractivity contribution in [2.45, 2.75) is 32.1 Å². The number of benzene rings is 1. The molecule has 0 aliphatic rings. The molecule has 1 aromatic carbocycles. The average Bonchev–Trinajstić information content (AvgIpc) is 2.38. The van der Waals surface area contributed by atoms with Crippen LogP contribution in [0.25, 0.3) is 0 Å². The van der Waals surface area contributed by atoms with Gasteiger partial charge in [0.05, 0.1) is 15.5 Å². The van der Waals surface area contributed by atoms with Crippen LogP contribution >= 0.6 is 22.3 Å². The van der Waals surface area contributed by atoms with Crippen molar-refractivity contribution in [2.24, 2.45) is 5.41 Å². The van der Waals surface area contributed by atoms with Crippen molar-refractivity contribution in [3.63, 3.8) is 0 Å². The summed E-state index contributed by atoms with van der Waals surface area (Å²) in [6.07, 6.45) is 0.825. The Morgan fingerprint density at radius 3 is 2.43 bits per heavy atom. The van der Waals surface area contributed by atoms with Crippen molar-refractivity contribution in [3.05, 3.63) is 28.5 Å². The largest absolute Gasteiger partial charge is 0.351 e. The first-order valence-electron chi connectivity index (χ1n) is 6.20. The smallest absolute Gasteiger partial charge is 0.261 e. The summed E-state index contributed by atoms with van der Waals surface area (Å²) < 4.78 is 36.2. The third-order valence-corrected chi connectivity index (χ3v) is 4.93. The SMILES string of the molecule is CCC(C)(C)CNC(=O)c1cc(S(=O)(=O)Cl)cc(F)c1Cl. The summed E-state index contributed by atoms with van der Waals surface area (Å²) in [5.74, 6) is -1.67. The van der Waals surface area contributed by atoms with Gasteiger partial charge in [0.2, 0.25) is 0 Å². The van der Waals surface area contributed by atoms with Crippen molar-refractivity contribution < 1.29 is 17.6 Å². The molecule has 0 spiro atoms. The maximum Gasteiger partial charge on any atom is 0.261 e. The fourth-order valence-electron chi connectivity index (χ4n) is 1.41. The maximum atomic E-state index is 13.6. The fraction of sp³-hybridized carbons (Fsp3) is 0.462. The lowest BCUT2D eigenvalue weighted by Gasteiger charge is -2.23. The van der Waals surface area contributed by atoms with Gasteiger partial charge in [0.25, 0.3) is 15.0 Å². The summed E-state index contributed by atoms with van der Waals surface area (Å²) in [6, 6.07) is 1.64. The normalized spacial score (nSPS) is 12.3. The van der Waals surface area contributed by atoms with Gasteiger partial charge in [-0.1, -0.05) is 32.4 Å². The Labute approximate surface area is 133 Å². The van der Waals surface area contributed by atoms with Crippen LogP contribution in [0.15, 0.2) is 17.0 Å². The van der Waals surface area contributed by atoms with E-state index < -0.39 is 30.7 Å². The van der Waals surface area contributed by atoms with Crippen LogP contribution in [0.3, 0.4) is 0 Å². The van der Waals surface area contributed by atoms with Crippen LogP contribution in [0.2, 0.25) is 5.02 Å². The highest BCUT2D eigenvalue weighted by atomic mass is 35.7. The molecule has 8 heteroatoms. The van der Waals surface area contributed by atoms with Crippen LogP contribution in [-0.4, -0.2) is 20.9 Å². The lowest BCUT2D eigenvalue weighted by atomic mass is 9.90. The predicted molar refractivity (Wildman–Crippen MR) is 80.9 cm³/mol.